The summed E-state index contributed by atoms with van der Waals surface area (Å²) in [5.74, 6) is 0.859. The lowest BCUT2D eigenvalue weighted by molar-refractivity contribution is 0.0458. The van der Waals surface area contributed by atoms with Crippen molar-refractivity contribution in [3.05, 3.63) is 26.6 Å². The maximum absolute atomic E-state index is 5.59. The molecule has 0 bridgehead atoms. The molecule has 0 aliphatic heterocycles. The normalized spacial score (nSPS) is 10.5. The molecule has 0 radical (unpaired) electrons. The summed E-state index contributed by atoms with van der Waals surface area (Å²) in [5.41, 5.74) is 3.94. The van der Waals surface area contributed by atoms with E-state index in [0.29, 0.717) is 19.8 Å². The van der Waals surface area contributed by atoms with Crippen molar-refractivity contribution in [2.45, 2.75) is 20.4 Å². The van der Waals surface area contributed by atoms with Gasteiger partial charge in [0.1, 0.15) is 5.75 Å². The van der Waals surface area contributed by atoms with E-state index >= 15 is 0 Å². The van der Waals surface area contributed by atoms with Crippen LogP contribution >= 0.6 is 31.9 Å². The van der Waals surface area contributed by atoms with Gasteiger partial charge in [0.25, 0.3) is 0 Å². The van der Waals surface area contributed by atoms with E-state index in [4.69, 9.17) is 9.57 Å². The summed E-state index contributed by atoms with van der Waals surface area (Å²) >= 11 is 6.94. The second-order valence-electron chi connectivity index (χ2n) is 3.06. The Balaban J connectivity index is 2.85. The maximum atomic E-state index is 5.59. The topological polar surface area (TPSA) is 30.5 Å². The van der Waals surface area contributed by atoms with E-state index in [0.717, 1.165) is 20.3 Å². The highest BCUT2D eigenvalue weighted by atomic mass is 79.9. The second-order valence-corrected chi connectivity index (χ2v) is 4.83. The maximum Gasteiger partial charge on any atom is 0.138 e. The van der Waals surface area contributed by atoms with E-state index in [1.54, 1.807) is 0 Å². The molecule has 0 heterocycles. The predicted molar refractivity (Wildman–Crippen MR) is 71.5 cm³/mol. The minimum Gasteiger partial charge on any atom is -0.492 e. The van der Waals surface area contributed by atoms with Gasteiger partial charge in [-0.05, 0) is 41.9 Å². The third kappa shape index (κ3) is 4.05. The third-order valence-electron chi connectivity index (χ3n) is 1.88. The minimum absolute atomic E-state index is 0.612. The number of nitrogens with one attached hydrogen (secondary N) is 1. The average Bonchev–Trinajstić information content (AvgIpc) is 2.23. The van der Waals surface area contributed by atoms with Crippen LogP contribution in [0.3, 0.4) is 0 Å². The molecule has 1 aromatic carbocycles. The fourth-order valence-electron chi connectivity index (χ4n) is 1.28. The summed E-state index contributed by atoms with van der Waals surface area (Å²) in [6, 6.07) is 3.98. The van der Waals surface area contributed by atoms with Crippen LogP contribution in [0.25, 0.3) is 0 Å². The van der Waals surface area contributed by atoms with Crippen LogP contribution < -0.4 is 10.2 Å². The van der Waals surface area contributed by atoms with Gasteiger partial charge in [0.15, 0.2) is 0 Å². The number of hydrogen-bond donors (Lipinski definition) is 1. The number of benzene rings is 1. The zero-order valence-electron chi connectivity index (χ0n) is 9.35. The zero-order valence-corrected chi connectivity index (χ0v) is 12.5. The summed E-state index contributed by atoms with van der Waals surface area (Å²) in [6.07, 6.45) is 0. The molecule has 3 nitrogen and oxygen atoms in total. The van der Waals surface area contributed by atoms with Crippen molar-refractivity contribution >= 4 is 31.9 Å². The molecule has 1 rings (SSSR count). The molecule has 0 aromatic heterocycles. The monoisotopic (exact) mass is 351 g/mol. The summed E-state index contributed by atoms with van der Waals surface area (Å²) in [5, 5.41) is 0. The molecule has 0 aliphatic rings. The van der Waals surface area contributed by atoms with Crippen molar-refractivity contribution in [3.63, 3.8) is 0 Å². The van der Waals surface area contributed by atoms with Gasteiger partial charge >= 0.3 is 0 Å². The predicted octanol–water partition coefficient (Wildman–Crippen LogP) is 3.65. The first kappa shape index (κ1) is 14.0. The molecule has 1 N–H and O–H groups in total. The van der Waals surface area contributed by atoms with Crippen molar-refractivity contribution < 1.29 is 9.57 Å². The van der Waals surface area contributed by atoms with E-state index < -0.39 is 0 Å². The molecule has 0 amide bonds. The molecule has 16 heavy (non-hydrogen) atoms. The molecule has 0 fully saturated rings. The van der Waals surface area contributed by atoms with Gasteiger partial charge in [0, 0.05) is 16.6 Å². The lowest BCUT2D eigenvalue weighted by Crippen LogP contribution is -2.14. The van der Waals surface area contributed by atoms with Gasteiger partial charge in [0.2, 0.25) is 0 Å². The highest BCUT2D eigenvalue weighted by Crippen LogP contribution is 2.32. The number of rotatable bonds is 6. The van der Waals surface area contributed by atoms with Gasteiger partial charge < -0.3 is 9.57 Å². The smallest absolute Gasteiger partial charge is 0.138 e. The van der Waals surface area contributed by atoms with Crippen LogP contribution in [0, 0.1) is 0 Å². The van der Waals surface area contributed by atoms with Crippen LogP contribution in [0.1, 0.15) is 19.4 Å². The van der Waals surface area contributed by atoms with E-state index in [9.17, 15) is 0 Å². The molecule has 5 heteroatoms. The molecule has 0 unspecified atom stereocenters. The van der Waals surface area contributed by atoms with Crippen molar-refractivity contribution in [3.8, 4) is 5.75 Å². The minimum atomic E-state index is 0.612. The second kappa shape index (κ2) is 7.27. The van der Waals surface area contributed by atoms with Crippen molar-refractivity contribution in [1.82, 2.24) is 5.48 Å². The van der Waals surface area contributed by atoms with E-state index in [1.807, 2.05) is 26.0 Å². The van der Waals surface area contributed by atoms with Gasteiger partial charge in [-0.2, -0.15) is 5.48 Å². The first-order valence-electron chi connectivity index (χ1n) is 5.14. The Hall–Kier alpha value is -0.100. The highest BCUT2D eigenvalue weighted by Gasteiger charge is 2.09. The van der Waals surface area contributed by atoms with E-state index in [1.165, 1.54) is 0 Å². The lowest BCUT2D eigenvalue weighted by Gasteiger charge is -2.13. The van der Waals surface area contributed by atoms with Crippen molar-refractivity contribution in [1.29, 1.82) is 0 Å². The Kier molecular flexibility index (Phi) is 6.34. The summed E-state index contributed by atoms with van der Waals surface area (Å²) in [6.45, 7) is 5.80. The number of hydroxylamine groups is 1. The molecule has 0 saturated carbocycles. The molecular weight excluding hydrogens is 338 g/mol. The number of hydrogen-bond acceptors (Lipinski definition) is 3. The summed E-state index contributed by atoms with van der Waals surface area (Å²) < 4.78 is 7.54. The number of ether oxygens (including phenoxy) is 1. The van der Waals surface area contributed by atoms with Crippen molar-refractivity contribution in [2.75, 3.05) is 13.2 Å². The van der Waals surface area contributed by atoms with Gasteiger partial charge in [-0.15, -0.1) is 0 Å². The summed E-state index contributed by atoms with van der Waals surface area (Å²) in [4.78, 5) is 5.11. The van der Waals surface area contributed by atoms with E-state index in [2.05, 4.69) is 37.3 Å². The quantitative estimate of drug-likeness (QED) is 0.626. The standard InChI is InChI=1S/C11H15Br2NO2/c1-3-15-11-8(7-14-16-4-2)5-9(12)6-10(11)13/h5-6,14H,3-4,7H2,1-2H3. The van der Waals surface area contributed by atoms with Crippen LogP contribution in [0.5, 0.6) is 5.75 Å². The Bertz CT molecular complexity index is 345. The molecule has 0 saturated heterocycles. The zero-order chi connectivity index (χ0) is 12.0. The Morgan fingerprint density at radius 2 is 1.94 bits per heavy atom. The van der Waals surface area contributed by atoms with Crippen LogP contribution in [-0.4, -0.2) is 13.2 Å². The fraction of sp³-hybridized carbons (Fsp3) is 0.455. The van der Waals surface area contributed by atoms with Crippen LogP contribution in [-0.2, 0) is 11.4 Å². The first-order chi connectivity index (χ1) is 7.69. The molecule has 0 atom stereocenters. The van der Waals surface area contributed by atoms with Crippen LogP contribution in [0.4, 0.5) is 0 Å². The number of halogens is 2. The molecule has 1 aromatic rings. The molecule has 90 valence electrons. The van der Waals surface area contributed by atoms with Gasteiger partial charge in [-0.1, -0.05) is 15.9 Å². The fourth-order valence-corrected chi connectivity index (χ4v) is 2.71. The molecule has 0 spiro atoms. The summed E-state index contributed by atoms with van der Waals surface area (Å²) in [7, 11) is 0. The molecular formula is C11H15Br2NO2. The van der Waals surface area contributed by atoms with Crippen LogP contribution in [0.2, 0.25) is 0 Å². The van der Waals surface area contributed by atoms with E-state index in [-0.39, 0.29) is 0 Å². The Morgan fingerprint density at radius 3 is 2.56 bits per heavy atom. The lowest BCUT2D eigenvalue weighted by atomic mass is 10.2. The van der Waals surface area contributed by atoms with Gasteiger partial charge in [0.05, 0.1) is 17.7 Å². The highest BCUT2D eigenvalue weighted by molar-refractivity contribution is 9.11. The Morgan fingerprint density at radius 1 is 1.19 bits per heavy atom. The largest absolute Gasteiger partial charge is 0.492 e. The SMILES string of the molecule is CCONCc1cc(Br)cc(Br)c1OCC. The first-order valence-corrected chi connectivity index (χ1v) is 6.73. The third-order valence-corrected chi connectivity index (χ3v) is 2.93. The van der Waals surface area contributed by atoms with Crippen molar-refractivity contribution in [2.24, 2.45) is 0 Å². The van der Waals surface area contributed by atoms with Gasteiger partial charge in [-0.25, -0.2) is 0 Å². The Labute approximate surface area is 113 Å². The van der Waals surface area contributed by atoms with Crippen LogP contribution in [0.15, 0.2) is 21.1 Å². The average molecular weight is 353 g/mol. The van der Waals surface area contributed by atoms with Gasteiger partial charge in [-0.3, -0.25) is 0 Å². The molecule has 0 aliphatic carbocycles.